The van der Waals surface area contributed by atoms with Crippen molar-refractivity contribution in [1.82, 2.24) is 15.3 Å². The molecule has 2 aliphatic carbocycles. The van der Waals surface area contributed by atoms with Crippen LogP contribution in [0.3, 0.4) is 0 Å². The van der Waals surface area contributed by atoms with Crippen molar-refractivity contribution in [3.63, 3.8) is 0 Å². The van der Waals surface area contributed by atoms with Gasteiger partial charge in [-0.15, -0.1) is 0 Å². The first-order valence-corrected chi connectivity index (χ1v) is 12.1. The molecule has 0 amide bonds. The standard InChI is InChI=1S/C25H33F4N5/c1-34(2)23-21-5-3-4-6-22(21)32-24(33-23)31-20-9-7-16(8-10-20)14-30-15-17-11-18(25(27,28)29)13-19(26)12-17/h11-13,16,20,30H,3-10,14-15H2,1-2H3,(H,31,32,33). The largest absolute Gasteiger partial charge is 0.416 e. The molecule has 186 valence electrons. The molecule has 2 aliphatic rings. The Kier molecular flexibility index (Phi) is 7.60. The van der Waals surface area contributed by atoms with Gasteiger partial charge in [-0.2, -0.15) is 18.2 Å². The molecule has 1 aromatic carbocycles. The molecule has 1 saturated carbocycles. The molecule has 9 heteroatoms. The average molecular weight is 480 g/mol. The topological polar surface area (TPSA) is 53.1 Å². The molecule has 0 atom stereocenters. The summed E-state index contributed by atoms with van der Waals surface area (Å²) >= 11 is 0. The second-order valence-corrected chi connectivity index (χ2v) is 9.74. The summed E-state index contributed by atoms with van der Waals surface area (Å²) in [5.74, 6) is 1.30. The SMILES string of the molecule is CN(C)c1nc(NC2CCC(CNCc3cc(F)cc(C(F)(F)F)c3)CC2)nc2c1CCCC2. The fraction of sp³-hybridized carbons (Fsp3) is 0.600. The highest BCUT2D eigenvalue weighted by molar-refractivity contribution is 5.52. The van der Waals surface area contributed by atoms with Gasteiger partial charge in [0, 0.05) is 32.2 Å². The van der Waals surface area contributed by atoms with Crippen molar-refractivity contribution in [2.24, 2.45) is 5.92 Å². The molecule has 2 aromatic rings. The molecule has 0 saturated heterocycles. The monoisotopic (exact) mass is 479 g/mol. The van der Waals surface area contributed by atoms with Crippen LogP contribution in [0.15, 0.2) is 18.2 Å². The smallest absolute Gasteiger partial charge is 0.362 e. The molecular formula is C25H33F4N5. The quantitative estimate of drug-likeness (QED) is 0.525. The summed E-state index contributed by atoms with van der Waals surface area (Å²) in [7, 11) is 4.04. The number of hydrogen-bond acceptors (Lipinski definition) is 5. The first kappa shape index (κ1) is 24.7. The number of benzene rings is 1. The fourth-order valence-corrected chi connectivity index (χ4v) is 5.04. The summed E-state index contributed by atoms with van der Waals surface area (Å²) in [5, 5.41) is 6.75. The van der Waals surface area contributed by atoms with Gasteiger partial charge in [-0.05, 0) is 87.6 Å². The Labute approximate surface area is 198 Å². The highest BCUT2D eigenvalue weighted by Crippen LogP contribution is 2.32. The van der Waals surface area contributed by atoms with Crippen molar-refractivity contribution in [1.29, 1.82) is 0 Å². The summed E-state index contributed by atoms with van der Waals surface area (Å²) in [6.07, 6.45) is 3.84. The zero-order chi connectivity index (χ0) is 24.3. The lowest BCUT2D eigenvalue weighted by molar-refractivity contribution is -0.137. The van der Waals surface area contributed by atoms with Crippen molar-refractivity contribution in [2.45, 2.75) is 70.1 Å². The number of rotatable bonds is 7. The molecule has 2 N–H and O–H groups in total. The number of aromatic nitrogens is 2. The Bertz CT molecular complexity index is 984. The molecule has 34 heavy (non-hydrogen) atoms. The summed E-state index contributed by atoms with van der Waals surface area (Å²) in [4.78, 5) is 11.7. The molecule has 4 rings (SSSR count). The Morgan fingerprint density at radius 2 is 1.74 bits per heavy atom. The molecule has 0 radical (unpaired) electrons. The number of alkyl halides is 3. The van der Waals surface area contributed by atoms with Crippen molar-refractivity contribution < 1.29 is 17.6 Å². The van der Waals surface area contributed by atoms with Crippen LogP contribution in [0.25, 0.3) is 0 Å². The minimum Gasteiger partial charge on any atom is -0.362 e. The number of halogens is 4. The predicted molar refractivity (Wildman–Crippen MR) is 125 cm³/mol. The highest BCUT2D eigenvalue weighted by Gasteiger charge is 2.31. The van der Waals surface area contributed by atoms with Crippen molar-refractivity contribution in [3.05, 3.63) is 46.4 Å². The Hall–Kier alpha value is -2.42. The van der Waals surface area contributed by atoms with Crippen LogP contribution in [-0.2, 0) is 25.6 Å². The van der Waals surface area contributed by atoms with E-state index in [9.17, 15) is 17.6 Å². The molecule has 5 nitrogen and oxygen atoms in total. The van der Waals surface area contributed by atoms with E-state index < -0.39 is 17.6 Å². The molecule has 1 heterocycles. The van der Waals surface area contributed by atoms with E-state index in [-0.39, 0.29) is 6.54 Å². The Morgan fingerprint density at radius 1 is 1.00 bits per heavy atom. The van der Waals surface area contributed by atoms with E-state index in [1.165, 1.54) is 18.4 Å². The third-order valence-electron chi connectivity index (χ3n) is 6.81. The van der Waals surface area contributed by atoms with Gasteiger partial charge in [0.15, 0.2) is 0 Å². The van der Waals surface area contributed by atoms with Crippen LogP contribution in [0.5, 0.6) is 0 Å². The van der Waals surface area contributed by atoms with Gasteiger partial charge < -0.3 is 15.5 Å². The van der Waals surface area contributed by atoms with E-state index in [2.05, 4.69) is 15.5 Å². The normalized spacial score (nSPS) is 20.6. The van der Waals surface area contributed by atoms with Gasteiger partial charge in [-0.25, -0.2) is 9.37 Å². The molecule has 0 spiro atoms. The van der Waals surface area contributed by atoms with Crippen LogP contribution in [0.4, 0.5) is 29.3 Å². The predicted octanol–water partition coefficient (Wildman–Crippen LogP) is 5.34. The zero-order valence-electron chi connectivity index (χ0n) is 19.8. The third kappa shape index (κ3) is 6.17. The Balaban J connectivity index is 1.27. The van der Waals surface area contributed by atoms with E-state index in [0.717, 1.165) is 62.2 Å². The number of aryl methyl sites for hydroxylation is 1. The molecule has 1 fully saturated rings. The van der Waals surface area contributed by atoms with E-state index in [0.29, 0.717) is 36.1 Å². The van der Waals surface area contributed by atoms with Crippen LogP contribution in [0.1, 0.15) is 60.9 Å². The van der Waals surface area contributed by atoms with Gasteiger partial charge in [0.05, 0.1) is 11.3 Å². The van der Waals surface area contributed by atoms with Crippen LogP contribution in [0, 0.1) is 11.7 Å². The highest BCUT2D eigenvalue weighted by atomic mass is 19.4. The summed E-state index contributed by atoms with van der Waals surface area (Å²) in [6, 6.07) is 3.01. The summed E-state index contributed by atoms with van der Waals surface area (Å²) < 4.78 is 52.3. The fourth-order valence-electron chi connectivity index (χ4n) is 5.04. The first-order valence-electron chi connectivity index (χ1n) is 12.1. The zero-order valence-corrected chi connectivity index (χ0v) is 19.8. The lowest BCUT2D eigenvalue weighted by Gasteiger charge is -2.30. The third-order valence-corrected chi connectivity index (χ3v) is 6.81. The number of fused-ring (bicyclic) bond motifs is 1. The van der Waals surface area contributed by atoms with E-state index in [4.69, 9.17) is 9.97 Å². The summed E-state index contributed by atoms with van der Waals surface area (Å²) in [5.41, 5.74) is 1.80. The maximum atomic E-state index is 13.6. The van der Waals surface area contributed by atoms with Crippen LogP contribution >= 0.6 is 0 Å². The maximum absolute atomic E-state index is 13.6. The first-order chi connectivity index (χ1) is 16.2. The molecular weight excluding hydrogens is 446 g/mol. The van der Waals surface area contributed by atoms with Gasteiger partial charge in [-0.3, -0.25) is 0 Å². The van der Waals surface area contributed by atoms with Gasteiger partial charge in [0.2, 0.25) is 5.95 Å². The van der Waals surface area contributed by atoms with E-state index in [1.807, 2.05) is 14.1 Å². The molecule has 1 aromatic heterocycles. The van der Waals surface area contributed by atoms with Gasteiger partial charge in [0.25, 0.3) is 0 Å². The summed E-state index contributed by atoms with van der Waals surface area (Å²) in [6.45, 7) is 0.917. The van der Waals surface area contributed by atoms with Gasteiger partial charge >= 0.3 is 6.18 Å². The van der Waals surface area contributed by atoms with E-state index >= 15 is 0 Å². The van der Waals surface area contributed by atoms with Crippen molar-refractivity contribution in [2.75, 3.05) is 30.9 Å². The van der Waals surface area contributed by atoms with E-state index in [1.54, 1.807) is 0 Å². The van der Waals surface area contributed by atoms with Gasteiger partial charge in [0.1, 0.15) is 11.6 Å². The van der Waals surface area contributed by atoms with Crippen molar-refractivity contribution >= 4 is 11.8 Å². The minimum atomic E-state index is -4.54. The van der Waals surface area contributed by atoms with Crippen LogP contribution in [-0.4, -0.2) is 36.6 Å². The minimum absolute atomic E-state index is 0.218. The number of nitrogens with one attached hydrogen (secondary N) is 2. The second-order valence-electron chi connectivity index (χ2n) is 9.74. The number of nitrogens with zero attached hydrogens (tertiary/aromatic N) is 3. The number of hydrogen-bond donors (Lipinski definition) is 2. The average Bonchev–Trinajstić information content (AvgIpc) is 2.79. The van der Waals surface area contributed by atoms with Gasteiger partial charge in [-0.1, -0.05) is 0 Å². The van der Waals surface area contributed by atoms with Crippen LogP contribution in [0.2, 0.25) is 0 Å². The molecule has 0 bridgehead atoms. The maximum Gasteiger partial charge on any atom is 0.416 e. The second kappa shape index (κ2) is 10.5. The lowest BCUT2D eigenvalue weighted by atomic mass is 9.86. The van der Waals surface area contributed by atoms with Crippen LogP contribution < -0.4 is 15.5 Å². The molecule has 0 aliphatic heterocycles. The van der Waals surface area contributed by atoms with Crippen molar-refractivity contribution in [3.8, 4) is 0 Å². The molecule has 0 unspecified atom stereocenters. The number of anilines is 2. The lowest BCUT2D eigenvalue weighted by Crippen LogP contribution is -2.32. The Morgan fingerprint density at radius 3 is 2.44 bits per heavy atom.